The van der Waals surface area contributed by atoms with Gasteiger partial charge in [0.2, 0.25) is 5.91 Å². The number of rotatable bonds is 7. The number of amides is 1. The highest BCUT2D eigenvalue weighted by atomic mass is 31.2. The Labute approximate surface area is 167 Å². The van der Waals surface area contributed by atoms with Crippen LogP contribution in [0.1, 0.15) is 38.8 Å². The minimum Gasteiger partial charge on any atom is -0.378 e. The molecule has 7 nitrogen and oxygen atoms in total. The lowest BCUT2D eigenvalue weighted by Gasteiger charge is -2.33. The lowest BCUT2D eigenvalue weighted by Crippen LogP contribution is -2.44. The van der Waals surface area contributed by atoms with Gasteiger partial charge in [0.15, 0.2) is 0 Å². The number of carbonyl (C=O) groups is 1. The molecule has 1 N–H and O–H groups in total. The van der Waals surface area contributed by atoms with Crippen molar-refractivity contribution in [3.63, 3.8) is 0 Å². The van der Waals surface area contributed by atoms with E-state index in [9.17, 15) is 9.36 Å². The van der Waals surface area contributed by atoms with Gasteiger partial charge in [-0.1, -0.05) is 30.3 Å². The van der Waals surface area contributed by atoms with E-state index >= 15 is 0 Å². The van der Waals surface area contributed by atoms with Crippen molar-refractivity contribution < 1.29 is 23.1 Å². The van der Waals surface area contributed by atoms with E-state index in [1.165, 1.54) is 0 Å². The normalized spacial score (nSPS) is 28.5. The average molecular weight is 410 g/mol. The molecule has 1 aromatic rings. The molecule has 0 saturated carbocycles. The summed E-state index contributed by atoms with van der Waals surface area (Å²) in [7, 11) is -3.46. The summed E-state index contributed by atoms with van der Waals surface area (Å²) in [5.41, 5.74) is 0.998. The molecular formula is C20H31N2O5P. The van der Waals surface area contributed by atoms with Crippen molar-refractivity contribution in [1.29, 1.82) is 0 Å². The van der Waals surface area contributed by atoms with Gasteiger partial charge in [-0.3, -0.25) is 14.7 Å². The van der Waals surface area contributed by atoms with E-state index in [1.807, 2.05) is 42.2 Å². The Bertz CT molecular complexity index is 700. The molecule has 0 unspecified atom stereocenters. The van der Waals surface area contributed by atoms with Gasteiger partial charge in [0, 0.05) is 19.1 Å². The monoisotopic (exact) mass is 410 g/mol. The molecule has 0 aromatic heterocycles. The summed E-state index contributed by atoms with van der Waals surface area (Å²) in [5, 5.41) is 2.53. The van der Waals surface area contributed by atoms with Gasteiger partial charge >= 0.3 is 7.60 Å². The smallest absolute Gasteiger partial charge is 0.350 e. The third-order valence-corrected chi connectivity index (χ3v) is 8.20. The molecule has 2 aliphatic heterocycles. The van der Waals surface area contributed by atoms with Crippen LogP contribution in [0.3, 0.4) is 0 Å². The lowest BCUT2D eigenvalue weighted by molar-refractivity contribution is -0.140. The molecule has 0 radical (unpaired) electrons. The number of nitrogens with one attached hydrogen (secondary N) is 1. The second kappa shape index (κ2) is 9.06. The maximum Gasteiger partial charge on any atom is 0.350 e. The highest BCUT2D eigenvalue weighted by molar-refractivity contribution is 7.55. The van der Waals surface area contributed by atoms with Gasteiger partial charge in [-0.15, -0.1) is 0 Å². The Hall–Kier alpha value is -1.24. The summed E-state index contributed by atoms with van der Waals surface area (Å²) in [4.78, 5) is 15.2. The molecule has 28 heavy (non-hydrogen) atoms. The third kappa shape index (κ3) is 4.19. The van der Waals surface area contributed by atoms with Crippen molar-refractivity contribution >= 4 is 13.5 Å². The van der Waals surface area contributed by atoms with Crippen LogP contribution in [-0.2, 0) is 23.1 Å². The van der Waals surface area contributed by atoms with E-state index in [1.54, 1.807) is 13.8 Å². The number of carbonyl (C=O) groups excluding carboxylic acids is 1. The Morgan fingerprint density at radius 1 is 1.21 bits per heavy atom. The van der Waals surface area contributed by atoms with Crippen LogP contribution in [0.2, 0.25) is 0 Å². The van der Waals surface area contributed by atoms with Gasteiger partial charge in [0.1, 0.15) is 5.28 Å². The number of ether oxygens (including phenoxy) is 1. The van der Waals surface area contributed by atoms with Crippen molar-refractivity contribution in [3.8, 4) is 0 Å². The molecule has 2 saturated heterocycles. The van der Waals surface area contributed by atoms with Crippen LogP contribution >= 0.6 is 7.60 Å². The quantitative estimate of drug-likeness (QED) is 0.696. The largest absolute Gasteiger partial charge is 0.378 e. The first-order valence-corrected chi connectivity index (χ1v) is 11.6. The molecular weight excluding hydrogens is 379 g/mol. The van der Waals surface area contributed by atoms with E-state index in [2.05, 4.69) is 5.32 Å². The first-order valence-electron chi connectivity index (χ1n) is 10.0. The fourth-order valence-electron chi connectivity index (χ4n) is 4.12. The molecule has 156 valence electrons. The molecule has 0 aliphatic carbocycles. The van der Waals surface area contributed by atoms with Gasteiger partial charge in [-0.05, 0) is 32.8 Å². The first-order chi connectivity index (χ1) is 13.4. The van der Waals surface area contributed by atoms with Crippen LogP contribution in [0.5, 0.6) is 0 Å². The fraction of sp³-hybridized carbons (Fsp3) is 0.650. The zero-order chi connectivity index (χ0) is 20.2. The number of hydrogen-bond donors (Lipinski definition) is 1. The zero-order valence-electron chi connectivity index (χ0n) is 16.9. The van der Waals surface area contributed by atoms with Crippen LogP contribution in [-0.4, -0.2) is 55.6 Å². The minimum absolute atomic E-state index is 0.0629. The molecule has 1 amide bonds. The van der Waals surface area contributed by atoms with Crippen molar-refractivity contribution in [2.24, 2.45) is 5.92 Å². The second-order valence-electron chi connectivity index (χ2n) is 7.39. The molecule has 2 heterocycles. The van der Waals surface area contributed by atoms with E-state index in [4.69, 9.17) is 13.8 Å². The highest BCUT2D eigenvalue weighted by Gasteiger charge is 2.57. The molecule has 0 spiro atoms. The second-order valence-corrected chi connectivity index (χ2v) is 9.89. The number of hydrogen-bond acceptors (Lipinski definition) is 6. The molecule has 1 aromatic carbocycles. The SMILES string of the molecule is CCOP(=O)(OCC)[C@@]1(C)C[C@H](C(=O)N2CCOCC2)[C@@H](c2ccccc2)N1. The van der Waals surface area contributed by atoms with Crippen molar-refractivity contribution in [2.75, 3.05) is 39.5 Å². The topological polar surface area (TPSA) is 77.1 Å². The van der Waals surface area contributed by atoms with Crippen LogP contribution in [0.4, 0.5) is 0 Å². The fourth-order valence-corrected chi connectivity index (χ4v) is 6.16. The van der Waals surface area contributed by atoms with Gasteiger partial charge in [-0.2, -0.15) is 0 Å². The summed E-state index contributed by atoms with van der Waals surface area (Å²) >= 11 is 0. The van der Waals surface area contributed by atoms with Crippen molar-refractivity contribution in [1.82, 2.24) is 10.2 Å². The summed E-state index contributed by atoms with van der Waals surface area (Å²) < 4.78 is 30.3. The molecule has 2 fully saturated rings. The summed E-state index contributed by atoms with van der Waals surface area (Å²) in [6, 6.07) is 9.59. The lowest BCUT2D eigenvalue weighted by atomic mass is 9.92. The Morgan fingerprint density at radius 3 is 2.39 bits per heavy atom. The predicted octanol–water partition coefficient (Wildman–Crippen LogP) is 3.18. The van der Waals surface area contributed by atoms with E-state index < -0.39 is 12.9 Å². The minimum atomic E-state index is -3.46. The third-order valence-electron chi connectivity index (χ3n) is 5.49. The van der Waals surface area contributed by atoms with Crippen LogP contribution < -0.4 is 5.32 Å². The van der Waals surface area contributed by atoms with Crippen LogP contribution in [0.15, 0.2) is 30.3 Å². The van der Waals surface area contributed by atoms with E-state index in [-0.39, 0.29) is 31.1 Å². The van der Waals surface area contributed by atoms with Gasteiger partial charge < -0.3 is 18.7 Å². The van der Waals surface area contributed by atoms with E-state index in [0.717, 1.165) is 5.56 Å². The zero-order valence-corrected chi connectivity index (χ0v) is 17.8. The molecule has 3 rings (SSSR count). The summed E-state index contributed by atoms with van der Waals surface area (Å²) in [6.45, 7) is 8.29. The number of morpholine rings is 1. The van der Waals surface area contributed by atoms with Crippen LogP contribution in [0.25, 0.3) is 0 Å². The Balaban J connectivity index is 1.94. The molecule has 3 atom stereocenters. The molecule has 2 aliphatic rings. The number of nitrogens with zero attached hydrogens (tertiary/aromatic N) is 1. The standard InChI is InChI=1S/C20H31N2O5P/c1-4-26-28(24,27-5-2)20(3)15-17(19(23)22-11-13-25-14-12-22)18(21-20)16-9-7-6-8-10-16/h6-10,17-18,21H,4-5,11-15H2,1-3H3/t17-,18+,20-/m0/s1. The highest BCUT2D eigenvalue weighted by Crippen LogP contribution is 2.64. The maximum absolute atomic E-state index is 13.6. The predicted molar refractivity (Wildman–Crippen MR) is 107 cm³/mol. The van der Waals surface area contributed by atoms with Gasteiger partial charge in [-0.25, -0.2) is 0 Å². The Kier molecular flexibility index (Phi) is 6.94. The first kappa shape index (κ1) is 21.5. The summed E-state index contributed by atoms with van der Waals surface area (Å²) in [5.74, 6) is -0.285. The number of benzene rings is 1. The van der Waals surface area contributed by atoms with Crippen molar-refractivity contribution in [2.45, 2.75) is 38.5 Å². The average Bonchev–Trinajstić information content (AvgIpc) is 3.09. The molecule has 0 bridgehead atoms. The van der Waals surface area contributed by atoms with Crippen LogP contribution in [0, 0.1) is 5.92 Å². The maximum atomic E-state index is 13.6. The van der Waals surface area contributed by atoms with Gasteiger partial charge in [0.25, 0.3) is 0 Å². The molecule has 8 heteroatoms. The Morgan fingerprint density at radius 2 is 1.82 bits per heavy atom. The summed E-state index contributed by atoms with van der Waals surface area (Å²) in [6.07, 6.45) is 0.389. The van der Waals surface area contributed by atoms with Gasteiger partial charge in [0.05, 0.1) is 32.3 Å². The van der Waals surface area contributed by atoms with E-state index in [0.29, 0.717) is 32.7 Å². The van der Waals surface area contributed by atoms with Crippen molar-refractivity contribution in [3.05, 3.63) is 35.9 Å².